The lowest BCUT2D eigenvalue weighted by molar-refractivity contribution is 0.131. The zero-order valence-corrected chi connectivity index (χ0v) is 11.1. The summed E-state index contributed by atoms with van der Waals surface area (Å²) in [6.45, 7) is 6.73. The molecule has 2 heteroatoms. The topological polar surface area (TPSA) is 23.5 Å². The zero-order valence-electron chi connectivity index (χ0n) is 11.1. The Hall–Kier alpha value is -0.0800. The van der Waals surface area contributed by atoms with Crippen molar-refractivity contribution in [1.29, 1.82) is 0 Å². The largest absolute Gasteiger partial charge is 0.393 e. The van der Waals surface area contributed by atoms with Crippen LogP contribution in [0.5, 0.6) is 0 Å². The highest BCUT2D eigenvalue weighted by Gasteiger charge is 2.20. The summed E-state index contributed by atoms with van der Waals surface area (Å²) in [4.78, 5) is 2.69. The molecule has 1 heterocycles. The Morgan fingerprint density at radius 3 is 2.81 bits per heavy atom. The molecule has 0 bridgehead atoms. The second-order valence-corrected chi connectivity index (χ2v) is 5.32. The van der Waals surface area contributed by atoms with E-state index in [4.69, 9.17) is 0 Å². The summed E-state index contributed by atoms with van der Waals surface area (Å²) >= 11 is 0. The summed E-state index contributed by atoms with van der Waals surface area (Å²) in [5.41, 5.74) is 0. The van der Waals surface area contributed by atoms with Crippen LogP contribution in [0.4, 0.5) is 0 Å². The lowest BCUT2D eigenvalue weighted by Crippen LogP contribution is -2.39. The van der Waals surface area contributed by atoms with Crippen molar-refractivity contribution in [3.8, 4) is 0 Å². The molecule has 0 radical (unpaired) electrons. The van der Waals surface area contributed by atoms with Gasteiger partial charge >= 0.3 is 0 Å². The van der Waals surface area contributed by atoms with E-state index < -0.39 is 0 Å². The molecule has 2 nitrogen and oxygen atoms in total. The Labute approximate surface area is 101 Å². The third kappa shape index (κ3) is 5.31. The van der Waals surface area contributed by atoms with Crippen LogP contribution in [-0.2, 0) is 0 Å². The minimum Gasteiger partial charge on any atom is -0.393 e. The summed E-state index contributed by atoms with van der Waals surface area (Å²) in [6, 6.07) is 0.852. The van der Waals surface area contributed by atoms with Crippen molar-refractivity contribution >= 4 is 0 Å². The van der Waals surface area contributed by atoms with Crippen molar-refractivity contribution in [3.05, 3.63) is 0 Å². The molecular weight excluding hydrogens is 198 g/mol. The van der Waals surface area contributed by atoms with E-state index in [0.717, 1.165) is 12.5 Å². The first-order chi connectivity index (χ1) is 7.74. The first kappa shape index (κ1) is 14.0. The Bertz CT molecular complexity index is 168. The van der Waals surface area contributed by atoms with Gasteiger partial charge in [-0.15, -0.1) is 0 Å². The number of aliphatic hydroxyl groups excluding tert-OH is 1. The average Bonchev–Trinajstić information content (AvgIpc) is 2.26. The molecule has 1 aliphatic heterocycles. The van der Waals surface area contributed by atoms with Crippen molar-refractivity contribution in [2.75, 3.05) is 13.1 Å². The van der Waals surface area contributed by atoms with Gasteiger partial charge in [0.25, 0.3) is 0 Å². The Morgan fingerprint density at radius 1 is 1.31 bits per heavy atom. The molecule has 1 fully saturated rings. The maximum absolute atomic E-state index is 9.21. The van der Waals surface area contributed by atoms with E-state index in [1.165, 1.54) is 58.0 Å². The van der Waals surface area contributed by atoms with Crippen LogP contribution in [-0.4, -0.2) is 35.2 Å². The van der Waals surface area contributed by atoms with Gasteiger partial charge in [-0.05, 0) is 58.5 Å². The SMILES string of the molecule is CCCC1CCCCN1CCCCC(C)O. The smallest absolute Gasteiger partial charge is 0.0512 e. The third-order valence-corrected chi connectivity index (χ3v) is 3.69. The average molecular weight is 227 g/mol. The summed E-state index contributed by atoms with van der Waals surface area (Å²) in [7, 11) is 0. The van der Waals surface area contributed by atoms with Crippen LogP contribution in [0.2, 0.25) is 0 Å². The number of hydrogen-bond acceptors (Lipinski definition) is 2. The molecule has 96 valence electrons. The molecule has 16 heavy (non-hydrogen) atoms. The van der Waals surface area contributed by atoms with Crippen LogP contribution in [0.15, 0.2) is 0 Å². The maximum Gasteiger partial charge on any atom is 0.0512 e. The van der Waals surface area contributed by atoms with Gasteiger partial charge in [-0.2, -0.15) is 0 Å². The van der Waals surface area contributed by atoms with Crippen LogP contribution in [0.1, 0.15) is 65.2 Å². The molecule has 0 spiro atoms. The lowest BCUT2D eigenvalue weighted by Gasteiger charge is -2.35. The van der Waals surface area contributed by atoms with Gasteiger partial charge in [-0.25, -0.2) is 0 Å². The van der Waals surface area contributed by atoms with Crippen molar-refractivity contribution in [2.24, 2.45) is 0 Å². The summed E-state index contributed by atoms with van der Waals surface area (Å²) < 4.78 is 0. The lowest BCUT2D eigenvalue weighted by atomic mass is 9.98. The molecule has 1 N–H and O–H groups in total. The highest BCUT2D eigenvalue weighted by atomic mass is 16.3. The van der Waals surface area contributed by atoms with Gasteiger partial charge < -0.3 is 10.0 Å². The number of likely N-dealkylation sites (tertiary alicyclic amines) is 1. The van der Waals surface area contributed by atoms with Crippen molar-refractivity contribution < 1.29 is 5.11 Å². The van der Waals surface area contributed by atoms with Gasteiger partial charge in [0, 0.05) is 6.04 Å². The summed E-state index contributed by atoms with van der Waals surface area (Å²) in [6.07, 6.45) is 10.2. The quantitative estimate of drug-likeness (QED) is 0.675. The molecule has 0 saturated carbocycles. The summed E-state index contributed by atoms with van der Waals surface area (Å²) in [5.74, 6) is 0. The van der Waals surface area contributed by atoms with Crippen molar-refractivity contribution in [1.82, 2.24) is 4.90 Å². The number of hydrogen-bond donors (Lipinski definition) is 1. The van der Waals surface area contributed by atoms with Gasteiger partial charge in [0.1, 0.15) is 0 Å². The van der Waals surface area contributed by atoms with Crippen molar-refractivity contribution in [2.45, 2.75) is 77.4 Å². The predicted molar refractivity (Wildman–Crippen MR) is 69.7 cm³/mol. The minimum absolute atomic E-state index is 0.118. The third-order valence-electron chi connectivity index (χ3n) is 3.69. The zero-order chi connectivity index (χ0) is 11.8. The number of nitrogens with zero attached hydrogens (tertiary/aromatic N) is 1. The standard InChI is InChI=1S/C14H29NO/c1-3-8-14-10-5-7-12-15(14)11-6-4-9-13(2)16/h13-14,16H,3-12H2,1-2H3. The van der Waals surface area contributed by atoms with Gasteiger partial charge in [-0.1, -0.05) is 19.8 Å². The molecule has 0 amide bonds. The number of rotatable bonds is 7. The second kappa shape index (κ2) is 8.08. The van der Waals surface area contributed by atoms with Crippen LogP contribution >= 0.6 is 0 Å². The Kier molecular flexibility index (Phi) is 7.06. The van der Waals surface area contributed by atoms with Crippen LogP contribution < -0.4 is 0 Å². The summed E-state index contributed by atoms with van der Waals surface area (Å²) in [5, 5.41) is 9.21. The van der Waals surface area contributed by atoms with Crippen molar-refractivity contribution in [3.63, 3.8) is 0 Å². The first-order valence-corrected chi connectivity index (χ1v) is 7.16. The maximum atomic E-state index is 9.21. The molecule has 0 aliphatic carbocycles. The molecule has 1 aliphatic rings. The fourth-order valence-corrected chi connectivity index (χ4v) is 2.77. The molecule has 2 unspecified atom stereocenters. The monoisotopic (exact) mass is 227 g/mol. The second-order valence-electron chi connectivity index (χ2n) is 5.32. The number of unbranched alkanes of at least 4 members (excludes halogenated alkanes) is 1. The normalized spacial score (nSPS) is 24.6. The highest BCUT2D eigenvalue weighted by Crippen LogP contribution is 2.21. The molecule has 0 aromatic heterocycles. The van der Waals surface area contributed by atoms with Crippen LogP contribution in [0.25, 0.3) is 0 Å². The van der Waals surface area contributed by atoms with E-state index in [1.807, 2.05) is 6.92 Å². The van der Waals surface area contributed by atoms with Gasteiger partial charge in [0.05, 0.1) is 6.10 Å². The van der Waals surface area contributed by atoms with E-state index >= 15 is 0 Å². The first-order valence-electron chi connectivity index (χ1n) is 7.16. The van der Waals surface area contributed by atoms with Gasteiger partial charge in [0.15, 0.2) is 0 Å². The Balaban J connectivity index is 2.16. The van der Waals surface area contributed by atoms with Gasteiger partial charge in [-0.3, -0.25) is 0 Å². The highest BCUT2D eigenvalue weighted by molar-refractivity contribution is 4.76. The molecule has 0 aromatic carbocycles. The molecule has 0 aromatic rings. The number of piperidine rings is 1. The minimum atomic E-state index is -0.118. The van der Waals surface area contributed by atoms with Crippen LogP contribution in [0.3, 0.4) is 0 Å². The molecule has 1 saturated heterocycles. The number of aliphatic hydroxyl groups is 1. The van der Waals surface area contributed by atoms with E-state index in [0.29, 0.717) is 0 Å². The fourth-order valence-electron chi connectivity index (χ4n) is 2.77. The van der Waals surface area contributed by atoms with E-state index in [2.05, 4.69) is 11.8 Å². The van der Waals surface area contributed by atoms with E-state index in [-0.39, 0.29) is 6.10 Å². The van der Waals surface area contributed by atoms with Gasteiger partial charge in [0.2, 0.25) is 0 Å². The van der Waals surface area contributed by atoms with E-state index in [1.54, 1.807) is 0 Å². The molecular formula is C14H29NO. The molecule has 1 rings (SSSR count). The van der Waals surface area contributed by atoms with Crippen LogP contribution in [0, 0.1) is 0 Å². The van der Waals surface area contributed by atoms with E-state index in [9.17, 15) is 5.11 Å². The fraction of sp³-hybridized carbons (Fsp3) is 1.00. The molecule has 2 atom stereocenters. The Morgan fingerprint density at radius 2 is 2.12 bits per heavy atom. The predicted octanol–water partition coefficient (Wildman–Crippen LogP) is 3.19.